The summed E-state index contributed by atoms with van der Waals surface area (Å²) >= 11 is 0. The molecule has 1 aliphatic rings. The number of hydrogen-bond donors (Lipinski definition) is 1. The Balaban J connectivity index is 1.55. The Kier molecular flexibility index (Phi) is 5.17. The van der Waals surface area contributed by atoms with Crippen molar-refractivity contribution in [1.29, 1.82) is 0 Å². The van der Waals surface area contributed by atoms with Crippen LogP contribution in [0.3, 0.4) is 0 Å². The molecule has 0 aromatic heterocycles. The van der Waals surface area contributed by atoms with Crippen LogP contribution in [0.15, 0.2) is 48.5 Å². The van der Waals surface area contributed by atoms with Crippen LogP contribution in [0.5, 0.6) is 0 Å². The maximum atomic E-state index is 12.5. The summed E-state index contributed by atoms with van der Waals surface area (Å²) in [6.07, 6.45) is 4.03. The van der Waals surface area contributed by atoms with Gasteiger partial charge in [-0.2, -0.15) is 0 Å². The van der Waals surface area contributed by atoms with E-state index in [0.29, 0.717) is 12.8 Å². The highest BCUT2D eigenvalue weighted by atomic mass is 16.4. The van der Waals surface area contributed by atoms with Gasteiger partial charge in [-0.25, -0.2) is 4.79 Å². The number of carbonyl (C=O) groups is 2. The number of aryl methyl sites for hydroxylation is 2. The molecule has 2 aromatic carbocycles. The molecule has 0 radical (unpaired) electrons. The van der Waals surface area contributed by atoms with Crippen LogP contribution in [0.4, 0.5) is 0 Å². The molecule has 4 nitrogen and oxygen atoms in total. The second kappa shape index (κ2) is 7.51. The molecule has 4 heteroatoms. The molecule has 1 N–H and O–H groups in total. The van der Waals surface area contributed by atoms with Crippen molar-refractivity contribution < 1.29 is 14.7 Å². The number of rotatable bonds is 5. The molecule has 1 aliphatic carbocycles. The third-order valence-corrected chi connectivity index (χ3v) is 5.09. The Bertz CT molecular complexity index is 767. The van der Waals surface area contributed by atoms with Crippen LogP contribution in [0.1, 0.15) is 39.9 Å². The van der Waals surface area contributed by atoms with Crippen LogP contribution in [0.2, 0.25) is 0 Å². The lowest BCUT2D eigenvalue weighted by atomic mass is 9.87. The highest BCUT2D eigenvalue weighted by molar-refractivity contribution is 5.87. The van der Waals surface area contributed by atoms with E-state index in [1.807, 2.05) is 11.9 Å². The molecule has 0 fully saturated rings. The monoisotopic (exact) mass is 337 g/mol. The van der Waals surface area contributed by atoms with E-state index < -0.39 is 5.97 Å². The lowest BCUT2D eigenvalue weighted by molar-refractivity contribution is -0.132. The zero-order chi connectivity index (χ0) is 17.8. The SMILES string of the molecule is CN(C(=O)CCc1ccc(C(=O)O)cc1)C1CCc2ccccc2C1. The van der Waals surface area contributed by atoms with Gasteiger partial charge in [0, 0.05) is 19.5 Å². The summed E-state index contributed by atoms with van der Waals surface area (Å²) < 4.78 is 0. The topological polar surface area (TPSA) is 57.6 Å². The van der Waals surface area contributed by atoms with Crippen molar-refractivity contribution in [1.82, 2.24) is 4.90 Å². The molecule has 0 aliphatic heterocycles. The van der Waals surface area contributed by atoms with Gasteiger partial charge < -0.3 is 10.0 Å². The second-order valence-electron chi connectivity index (χ2n) is 6.67. The fourth-order valence-electron chi connectivity index (χ4n) is 3.45. The Labute approximate surface area is 148 Å². The maximum absolute atomic E-state index is 12.5. The minimum Gasteiger partial charge on any atom is -0.478 e. The highest BCUT2D eigenvalue weighted by Gasteiger charge is 2.24. The molecule has 0 spiro atoms. The first-order valence-electron chi connectivity index (χ1n) is 8.69. The minimum atomic E-state index is -0.931. The largest absolute Gasteiger partial charge is 0.478 e. The van der Waals surface area contributed by atoms with Gasteiger partial charge in [-0.05, 0) is 54.5 Å². The van der Waals surface area contributed by atoms with Crippen LogP contribution in [0, 0.1) is 0 Å². The molecular formula is C21H23NO3. The Hall–Kier alpha value is -2.62. The van der Waals surface area contributed by atoms with Gasteiger partial charge in [0.05, 0.1) is 5.56 Å². The van der Waals surface area contributed by atoms with E-state index in [0.717, 1.165) is 24.8 Å². The third kappa shape index (κ3) is 4.08. The first-order chi connectivity index (χ1) is 12.0. The van der Waals surface area contributed by atoms with Crippen molar-refractivity contribution in [2.75, 3.05) is 7.05 Å². The summed E-state index contributed by atoms with van der Waals surface area (Å²) in [5.74, 6) is -0.786. The number of carbonyl (C=O) groups excluding carboxylic acids is 1. The summed E-state index contributed by atoms with van der Waals surface area (Å²) in [7, 11) is 1.90. The van der Waals surface area contributed by atoms with Crippen LogP contribution in [0.25, 0.3) is 0 Å². The van der Waals surface area contributed by atoms with E-state index in [4.69, 9.17) is 5.11 Å². The van der Waals surface area contributed by atoms with Crippen molar-refractivity contribution in [2.45, 2.75) is 38.1 Å². The highest BCUT2D eigenvalue weighted by Crippen LogP contribution is 2.24. The minimum absolute atomic E-state index is 0.145. The lowest BCUT2D eigenvalue weighted by Crippen LogP contribution is -2.40. The normalized spacial score (nSPS) is 16.1. The predicted molar refractivity (Wildman–Crippen MR) is 96.7 cm³/mol. The number of fused-ring (bicyclic) bond motifs is 1. The van der Waals surface area contributed by atoms with Crippen molar-refractivity contribution >= 4 is 11.9 Å². The first kappa shape index (κ1) is 17.2. The van der Waals surface area contributed by atoms with E-state index in [9.17, 15) is 9.59 Å². The number of amides is 1. The molecule has 0 saturated carbocycles. The Morgan fingerprint density at radius 1 is 1.08 bits per heavy atom. The molecule has 130 valence electrons. The van der Waals surface area contributed by atoms with E-state index >= 15 is 0 Å². The Morgan fingerprint density at radius 3 is 2.44 bits per heavy atom. The third-order valence-electron chi connectivity index (χ3n) is 5.09. The van der Waals surface area contributed by atoms with Gasteiger partial charge in [0.15, 0.2) is 0 Å². The fourth-order valence-corrected chi connectivity index (χ4v) is 3.45. The summed E-state index contributed by atoms with van der Waals surface area (Å²) in [4.78, 5) is 25.3. The Morgan fingerprint density at radius 2 is 1.76 bits per heavy atom. The van der Waals surface area contributed by atoms with Crippen LogP contribution in [-0.2, 0) is 24.1 Å². The molecule has 3 rings (SSSR count). The molecule has 1 unspecified atom stereocenters. The summed E-state index contributed by atoms with van der Waals surface area (Å²) in [6.45, 7) is 0. The van der Waals surface area contributed by atoms with E-state index in [1.165, 1.54) is 11.1 Å². The summed E-state index contributed by atoms with van der Waals surface area (Å²) in [5, 5.41) is 8.92. The van der Waals surface area contributed by atoms with Gasteiger partial charge in [0.1, 0.15) is 0 Å². The average Bonchev–Trinajstić information content (AvgIpc) is 2.65. The zero-order valence-corrected chi connectivity index (χ0v) is 14.4. The van der Waals surface area contributed by atoms with E-state index in [2.05, 4.69) is 24.3 Å². The van der Waals surface area contributed by atoms with Gasteiger partial charge in [-0.3, -0.25) is 4.79 Å². The summed E-state index contributed by atoms with van der Waals surface area (Å²) in [6, 6.07) is 15.5. The molecule has 25 heavy (non-hydrogen) atoms. The number of carboxylic acids is 1. The average molecular weight is 337 g/mol. The second-order valence-corrected chi connectivity index (χ2v) is 6.67. The standard InChI is InChI=1S/C21H23NO3/c1-22(19-12-11-16-4-2-3-5-18(16)14-19)20(23)13-8-15-6-9-17(10-7-15)21(24)25/h2-7,9-10,19H,8,11-14H2,1H3,(H,24,25). The number of nitrogens with zero attached hydrogens (tertiary/aromatic N) is 1. The molecule has 2 aromatic rings. The van der Waals surface area contributed by atoms with Crippen molar-refractivity contribution in [3.63, 3.8) is 0 Å². The van der Waals surface area contributed by atoms with Gasteiger partial charge in [-0.15, -0.1) is 0 Å². The number of aromatic carboxylic acids is 1. The zero-order valence-electron chi connectivity index (χ0n) is 14.4. The molecule has 0 heterocycles. The number of likely N-dealkylation sites (N-methyl/N-ethyl adjacent to an activating group) is 1. The molecule has 1 amide bonds. The van der Waals surface area contributed by atoms with Crippen molar-refractivity contribution in [3.05, 3.63) is 70.8 Å². The number of benzene rings is 2. The van der Waals surface area contributed by atoms with Crippen molar-refractivity contribution in [3.8, 4) is 0 Å². The molecule has 0 saturated heterocycles. The number of carboxylic acid groups (broad SMARTS) is 1. The summed E-state index contributed by atoms with van der Waals surface area (Å²) in [5.41, 5.74) is 4.01. The van der Waals surface area contributed by atoms with Crippen LogP contribution >= 0.6 is 0 Å². The molecule has 1 atom stereocenters. The van der Waals surface area contributed by atoms with Crippen LogP contribution in [-0.4, -0.2) is 35.0 Å². The first-order valence-corrected chi connectivity index (χ1v) is 8.69. The lowest BCUT2D eigenvalue weighted by Gasteiger charge is -2.32. The number of hydrogen-bond acceptors (Lipinski definition) is 2. The predicted octanol–water partition coefficient (Wildman–Crippen LogP) is 3.33. The molecular weight excluding hydrogens is 314 g/mol. The van der Waals surface area contributed by atoms with Gasteiger partial charge in [0.2, 0.25) is 5.91 Å². The molecule has 0 bridgehead atoms. The van der Waals surface area contributed by atoms with Crippen molar-refractivity contribution in [2.24, 2.45) is 0 Å². The smallest absolute Gasteiger partial charge is 0.335 e. The maximum Gasteiger partial charge on any atom is 0.335 e. The van der Waals surface area contributed by atoms with Crippen LogP contribution < -0.4 is 0 Å². The van der Waals surface area contributed by atoms with Gasteiger partial charge in [0.25, 0.3) is 0 Å². The van der Waals surface area contributed by atoms with Gasteiger partial charge >= 0.3 is 5.97 Å². The fraction of sp³-hybridized carbons (Fsp3) is 0.333. The van der Waals surface area contributed by atoms with E-state index in [1.54, 1.807) is 24.3 Å². The van der Waals surface area contributed by atoms with Gasteiger partial charge in [-0.1, -0.05) is 36.4 Å². The quantitative estimate of drug-likeness (QED) is 0.910. The van der Waals surface area contributed by atoms with E-state index in [-0.39, 0.29) is 17.5 Å².